The molecule has 0 atom stereocenters. The summed E-state index contributed by atoms with van der Waals surface area (Å²) >= 11 is 0. The quantitative estimate of drug-likeness (QED) is 0.688. The van der Waals surface area contributed by atoms with Gasteiger partial charge in [-0.15, -0.1) is 0 Å². The summed E-state index contributed by atoms with van der Waals surface area (Å²) < 4.78 is 0. The summed E-state index contributed by atoms with van der Waals surface area (Å²) in [5.74, 6) is 0.445. The Labute approximate surface area is 99.0 Å². The molecule has 4 N–H and O–H groups in total. The second-order valence-corrected chi connectivity index (χ2v) is 3.96. The van der Waals surface area contributed by atoms with E-state index in [-0.39, 0.29) is 5.91 Å². The number of nitrogens with two attached hydrogens (primary N) is 1. The van der Waals surface area contributed by atoms with Crippen molar-refractivity contribution < 1.29 is 4.79 Å². The van der Waals surface area contributed by atoms with Crippen molar-refractivity contribution in [2.75, 3.05) is 11.1 Å². The minimum atomic E-state index is -0.171. The van der Waals surface area contributed by atoms with Crippen LogP contribution in [0, 0.1) is 13.8 Å². The number of hydrogen-bond donors (Lipinski definition) is 3. The predicted molar refractivity (Wildman–Crippen MR) is 66.9 cm³/mol. The lowest BCUT2D eigenvalue weighted by molar-refractivity contribution is 0.102. The summed E-state index contributed by atoms with van der Waals surface area (Å²) in [7, 11) is 0. The number of nitrogen functional groups attached to an aromatic ring is 1. The topological polar surface area (TPSA) is 83.8 Å². The molecule has 0 bridgehead atoms. The first kappa shape index (κ1) is 11.2. The van der Waals surface area contributed by atoms with Crippen LogP contribution < -0.4 is 11.1 Å². The highest BCUT2D eigenvalue weighted by Gasteiger charge is 2.11. The normalized spacial score (nSPS) is 10.2. The molecule has 0 fully saturated rings. The number of aromatic amines is 1. The van der Waals surface area contributed by atoms with Crippen molar-refractivity contribution in [1.82, 2.24) is 10.2 Å². The summed E-state index contributed by atoms with van der Waals surface area (Å²) in [5.41, 5.74) is 8.64. The van der Waals surface area contributed by atoms with Crippen LogP contribution in [-0.4, -0.2) is 16.1 Å². The van der Waals surface area contributed by atoms with Crippen LogP contribution in [0.5, 0.6) is 0 Å². The molecule has 17 heavy (non-hydrogen) atoms. The lowest BCUT2D eigenvalue weighted by Gasteiger charge is -2.07. The minimum absolute atomic E-state index is 0.171. The number of hydrogen-bond acceptors (Lipinski definition) is 3. The number of carbonyl (C=O) groups is 1. The van der Waals surface area contributed by atoms with Crippen molar-refractivity contribution in [2.24, 2.45) is 0 Å². The SMILES string of the molecule is Cc1cc(N)ccc1C(=O)Nc1[nH]ncc1C. The Balaban J connectivity index is 2.23. The van der Waals surface area contributed by atoms with E-state index in [1.54, 1.807) is 24.4 Å². The van der Waals surface area contributed by atoms with E-state index >= 15 is 0 Å². The second-order valence-electron chi connectivity index (χ2n) is 3.96. The zero-order valence-electron chi connectivity index (χ0n) is 9.74. The van der Waals surface area contributed by atoms with Crippen molar-refractivity contribution >= 4 is 17.4 Å². The van der Waals surface area contributed by atoms with E-state index in [1.165, 1.54) is 0 Å². The second kappa shape index (κ2) is 4.29. The van der Waals surface area contributed by atoms with Gasteiger partial charge in [-0.2, -0.15) is 5.10 Å². The average molecular weight is 230 g/mol. The third-order valence-electron chi connectivity index (χ3n) is 2.56. The highest BCUT2D eigenvalue weighted by molar-refractivity contribution is 6.05. The van der Waals surface area contributed by atoms with E-state index in [0.717, 1.165) is 11.1 Å². The molecule has 1 heterocycles. The first-order valence-electron chi connectivity index (χ1n) is 5.25. The third kappa shape index (κ3) is 2.28. The first-order valence-corrected chi connectivity index (χ1v) is 5.25. The predicted octanol–water partition coefficient (Wildman–Crippen LogP) is 1.86. The number of amides is 1. The number of aryl methyl sites for hydroxylation is 2. The van der Waals surface area contributed by atoms with Gasteiger partial charge in [-0.1, -0.05) is 0 Å². The summed E-state index contributed by atoms with van der Waals surface area (Å²) in [5, 5.41) is 9.34. The van der Waals surface area contributed by atoms with Crippen molar-refractivity contribution in [3.63, 3.8) is 0 Å². The fourth-order valence-corrected chi connectivity index (χ4v) is 1.60. The van der Waals surface area contributed by atoms with Gasteiger partial charge in [0.25, 0.3) is 5.91 Å². The van der Waals surface area contributed by atoms with Gasteiger partial charge in [-0.05, 0) is 37.6 Å². The molecule has 0 unspecified atom stereocenters. The van der Waals surface area contributed by atoms with E-state index in [9.17, 15) is 4.79 Å². The highest BCUT2D eigenvalue weighted by atomic mass is 16.1. The van der Waals surface area contributed by atoms with E-state index in [4.69, 9.17) is 5.73 Å². The van der Waals surface area contributed by atoms with Gasteiger partial charge in [0.1, 0.15) is 5.82 Å². The van der Waals surface area contributed by atoms with Gasteiger partial charge >= 0.3 is 0 Å². The van der Waals surface area contributed by atoms with Gasteiger partial charge in [-0.3, -0.25) is 9.89 Å². The smallest absolute Gasteiger partial charge is 0.257 e. The van der Waals surface area contributed by atoms with E-state index < -0.39 is 0 Å². The molecule has 5 heteroatoms. The van der Waals surface area contributed by atoms with Crippen LogP contribution in [0.3, 0.4) is 0 Å². The summed E-state index contributed by atoms with van der Waals surface area (Å²) in [4.78, 5) is 12.0. The van der Waals surface area contributed by atoms with Crippen LogP contribution in [0.4, 0.5) is 11.5 Å². The molecule has 0 saturated carbocycles. The lowest BCUT2D eigenvalue weighted by Crippen LogP contribution is -2.14. The highest BCUT2D eigenvalue weighted by Crippen LogP contribution is 2.15. The standard InChI is InChI=1S/C12H14N4O/c1-7-5-9(13)3-4-10(7)12(17)15-11-8(2)6-14-16-11/h3-6H,13H2,1-2H3,(H2,14,15,16,17). The van der Waals surface area contributed by atoms with Gasteiger partial charge in [0.05, 0.1) is 6.20 Å². The molecule has 0 spiro atoms. The van der Waals surface area contributed by atoms with Crippen molar-refractivity contribution in [1.29, 1.82) is 0 Å². The maximum Gasteiger partial charge on any atom is 0.257 e. The molecular weight excluding hydrogens is 216 g/mol. The zero-order valence-corrected chi connectivity index (χ0v) is 9.74. The molecule has 1 aromatic heterocycles. The maximum atomic E-state index is 12.0. The monoisotopic (exact) mass is 230 g/mol. The summed E-state index contributed by atoms with van der Waals surface area (Å²) in [6.07, 6.45) is 1.66. The largest absolute Gasteiger partial charge is 0.399 e. The molecule has 0 saturated heterocycles. The van der Waals surface area contributed by atoms with Gasteiger partial charge < -0.3 is 11.1 Å². The summed E-state index contributed by atoms with van der Waals surface area (Å²) in [6.45, 7) is 3.72. The van der Waals surface area contributed by atoms with Crippen LogP contribution in [0.1, 0.15) is 21.5 Å². The van der Waals surface area contributed by atoms with Crippen molar-refractivity contribution in [3.8, 4) is 0 Å². The van der Waals surface area contributed by atoms with Crippen LogP contribution in [0.2, 0.25) is 0 Å². The molecule has 0 aliphatic carbocycles. The fourth-order valence-electron chi connectivity index (χ4n) is 1.60. The van der Waals surface area contributed by atoms with Crippen LogP contribution in [0.25, 0.3) is 0 Å². The van der Waals surface area contributed by atoms with Crippen molar-refractivity contribution in [2.45, 2.75) is 13.8 Å². The van der Waals surface area contributed by atoms with Crippen molar-refractivity contribution in [3.05, 3.63) is 41.1 Å². The molecule has 5 nitrogen and oxygen atoms in total. The number of nitrogens with zero attached hydrogens (tertiary/aromatic N) is 1. The van der Waals surface area contributed by atoms with Crippen LogP contribution >= 0.6 is 0 Å². The van der Waals surface area contributed by atoms with Crippen LogP contribution in [0.15, 0.2) is 24.4 Å². The third-order valence-corrected chi connectivity index (χ3v) is 2.56. The Morgan fingerprint density at radius 2 is 2.12 bits per heavy atom. The molecule has 0 aliphatic rings. The molecular formula is C12H14N4O. The Kier molecular flexibility index (Phi) is 2.82. The number of aromatic nitrogens is 2. The number of anilines is 2. The Bertz CT molecular complexity index is 559. The zero-order chi connectivity index (χ0) is 12.4. The van der Waals surface area contributed by atoms with Crippen LogP contribution in [-0.2, 0) is 0 Å². The number of rotatable bonds is 2. The van der Waals surface area contributed by atoms with Gasteiger partial charge in [-0.25, -0.2) is 0 Å². The number of nitrogens with one attached hydrogen (secondary N) is 2. The van der Waals surface area contributed by atoms with Gasteiger partial charge in [0.15, 0.2) is 0 Å². The number of H-pyrrole nitrogens is 1. The van der Waals surface area contributed by atoms with E-state index in [2.05, 4.69) is 15.5 Å². The van der Waals surface area contributed by atoms with Gasteiger partial charge in [0, 0.05) is 16.8 Å². The molecule has 0 aliphatic heterocycles. The molecule has 88 valence electrons. The first-order chi connectivity index (χ1) is 8.08. The fraction of sp³-hybridized carbons (Fsp3) is 0.167. The average Bonchev–Trinajstić information content (AvgIpc) is 2.64. The Hall–Kier alpha value is -2.30. The molecule has 0 radical (unpaired) electrons. The number of carbonyl (C=O) groups excluding carboxylic acids is 1. The molecule has 2 aromatic rings. The molecule has 2 rings (SSSR count). The maximum absolute atomic E-state index is 12.0. The number of benzene rings is 1. The molecule has 1 amide bonds. The lowest BCUT2D eigenvalue weighted by atomic mass is 10.1. The van der Waals surface area contributed by atoms with E-state index in [1.807, 2.05) is 13.8 Å². The molecule has 1 aromatic carbocycles. The van der Waals surface area contributed by atoms with Gasteiger partial charge in [0.2, 0.25) is 0 Å². The van der Waals surface area contributed by atoms with E-state index in [0.29, 0.717) is 17.1 Å². The Morgan fingerprint density at radius 1 is 1.35 bits per heavy atom. The summed E-state index contributed by atoms with van der Waals surface area (Å²) in [6, 6.07) is 5.20. The minimum Gasteiger partial charge on any atom is -0.399 e. The Morgan fingerprint density at radius 3 is 2.71 bits per heavy atom.